The Kier molecular flexibility index (Phi) is 4.17. The molecule has 0 spiro atoms. The van der Waals surface area contributed by atoms with Crippen molar-refractivity contribution in [3.8, 4) is 28.5 Å². The van der Waals surface area contributed by atoms with Crippen molar-refractivity contribution >= 4 is 32.3 Å². The molecule has 0 unspecified atom stereocenters. The van der Waals surface area contributed by atoms with Gasteiger partial charge in [0.15, 0.2) is 0 Å². The largest absolute Gasteiger partial charge is 0.325 e. The zero-order chi connectivity index (χ0) is 20.8. The van der Waals surface area contributed by atoms with E-state index in [1.165, 1.54) is 11.3 Å². The van der Waals surface area contributed by atoms with Crippen molar-refractivity contribution in [2.45, 2.75) is 6.54 Å². The van der Waals surface area contributed by atoms with Crippen molar-refractivity contribution in [2.24, 2.45) is 12.8 Å². The second-order valence-electron chi connectivity index (χ2n) is 6.79. The molecule has 2 aromatic carbocycles. The van der Waals surface area contributed by atoms with E-state index >= 15 is 0 Å². The third-order valence-corrected chi connectivity index (χ3v) is 6.04. The number of nitrogens with two attached hydrogens (primary N) is 1. The number of nitrogens with one attached hydrogen (secondary N) is 1. The minimum absolute atomic E-state index is 0.206. The lowest BCUT2D eigenvalue weighted by atomic mass is 9.96. The number of aryl methyl sites for hydroxylation is 1. The van der Waals surface area contributed by atoms with Crippen molar-refractivity contribution in [1.29, 1.82) is 5.26 Å². The number of aromatic amines is 1. The SMILES string of the molecule is Cn1ncc(-c2ccc3c(=O)[nH]nc(CN)c3c2)c1-c1ccc2ncsc2c1C#N. The second kappa shape index (κ2) is 6.88. The number of benzene rings is 2. The topological polar surface area (TPSA) is 126 Å². The van der Waals surface area contributed by atoms with E-state index in [0.29, 0.717) is 22.0 Å². The van der Waals surface area contributed by atoms with E-state index < -0.39 is 0 Å². The number of thiazole rings is 1. The van der Waals surface area contributed by atoms with Gasteiger partial charge in [-0.25, -0.2) is 10.1 Å². The molecular weight excluding hydrogens is 398 g/mol. The van der Waals surface area contributed by atoms with E-state index in [2.05, 4.69) is 26.3 Å². The summed E-state index contributed by atoms with van der Waals surface area (Å²) in [5, 5.41) is 22.1. The monoisotopic (exact) mass is 413 g/mol. The molecule has 0 amide bonds. The quantitative estimate of drug-likeness (QED) is 0.468. The summed E-state index contributed by atoms with van der Waals surface area (Å²) in [7, 11) is 1.84. The molecule has 0 saturated carbocycles. The third kappa shape index (κ3) is 2.62. The number of nitriles is 1. The van der Waals surface area contributed by atoms with E-state index in [4.69, 9.17) is 5.73 Å². The smallest absolute Gasteiger partial charge is 0.272 e. The lowest BCUT2D eigenvalue weighted by Gasteiger charge is -2.10. The maximum absolute atomic E-state index is 12.2. The summed E-state index contributed by atoms with van der Waals surface area (Å²) in [5.74, 6) is 0. The van der Waals surface area contributed by atoms with Gasteiger partial charge >= 0.3 is 0 Å². The summed E-state index contributed by atoms with van der Waals surface area (Å²) in [4.78, 5) is 16.5. The Labute approximate surface area is 174 Å². The first-order valence-electron chi connectivity index (χ1n) is 9.12. The zero-order valence-electron chi connectivity index (χ0n) is 15.9. The van der Waals surface area contributed by atoms with Gasteiger partial charge in [-0.3, -0.25) is 9.48 Å². The normalized spacial score (nSPS) is 11.2. The Hall–Kier alpha value is -3.87. The van der Waals surface area contributed by atoms with Crippen LogP contribution in [-0.4, -0.2) is 25.0 Å². The molecule has 146 valence electrons. The summed E-state index contributed by atoms with van der Waals surface area (Å²) >= 11 is 1.44. The summed E-state index contributed by atoms with van der Waals surface area (Å²) in [6, 6.07) is 11.7. The van der Waals surface area contributed by atoms with Gasteiger partial charge in [0.25, 0.3) is 5.56 Å². The standard InChI is InChI=1S/C21H15N7OS/c1-28-19(12-4-5-17-20(15(12)7-22)30-10-24-17)16(9-25-28)11-2-3-13-14(6-11)18(8-23)26-27-21(13)29/h2-6,9-10H,8,23H2,1H3,(H,27,29). The number of nitrogens with zero attached hydrogens (tertiary/aromatic N) is 5. The first kappa shape index (κ1) is 18.2. The molecule has 0 aliphatic heterocycles. The molecular formula is C21H15N7OS. The Morgan fingerprint density at radius 2 is 2.10 bits per heavy atom. The third-order valence-electron chi connectivity index (χ3n) is 5.18. The molecule has 0 radical (unpaired) electrons. The maximum atomic E-state index is 12.2. The summed E-state index contributed by atoms with van der Waals surface area (Å²) in [6.45, 7) is 0.206. The molecule has 30 heavy (non-hydrogen) atoms. The average Bonchev–Trinajstić information content (AvgIpc) is 3.39. The zero-order valence-corrected chi connectivity index (χ0v) is 16.7. The Bertz CT molecular complexity index is 1540. The van der Waals surface area contributed by atoms with Crippen molar-refractivity contribution in [2.75, 3.05) is 0 Å². The molecule has 3 N–H and O–H groups in total. The number of hydrogen-bond donors (Lipinski definition) is 2. The number of rotatable bonds is 3. The van der Waals surface area contributed by atoms with Crippen LogP contribution in [0.3, 0.4) is 0 Å². The van der Waals surface area contributed by atoms with Gasteiger partial charge in [0.05, 0.1) is 44.3 Å². The number of aromatic nitrogens is 5. The van der Waals surface area contributed by atoms with Crippen LogP contribution in [0.2, 0.25) is 0 Å². The van der Waals surface area contributed by atoms with Crippen molar-refractivity contribution in [3.63, 3.8) is 0 Å². The summed E-state index contributed by atoms with van der Waals surface area (Å²) < 4.78 is 2.60. The molecule has 0 atom stereocenters. The van der Waals surface area contributed by atoms with Crippen molar-refractivity contribution in [1.82, 2.24) is 25.0 Å². The van der Waals surface area contributed by atoms with Gasteiger partial charge in [-0.1, -0.05) is 6.07 Å². The molecule has 8 nitrogen and oxygen atoms in total. The number of H-pyrrole nitrogens is 1. The van der Waals surface area contributed by atoms with Gasteiger partial charge in [0.1, 0.15) is 6.07 Å². The molecule has 5 rings (SSSR count). The molecule has 0 aliphatic rings. The maximum Gasteiger partial charge on any atom is 0.272 e. The van der Waals surface area contributed by atoms with E-state index in [9.17, 15) is 10.1 Å². The van der Waals surface area contributed by atoms with E-state index in [0.717, 1.165) is 32.6 Å². The van der Waals surface area contributed by atoms with Gasteiger partial charge < -0.3 is 5.73 Å². The minimum atomic E-state index is -0.262. The van der Waals surface area contributed by atoms with E-state index in [-0.39, 0.29) is 12.1 Å². The fourth-order valence-corrected chi connectivity index (χ4v) is 4.53. The first-order valence-corrected chi connectivity index (χ1v) is 10.0. The van der Waals surface area contributed by atoms with Crippen LogP contribution < -0.4 is 11.3 Å². The predicted molar refractivity (Wildman–Crippen MR) is 116 cm³/mol. The molecule has 0 fully saturated rings. The molecule has 5 aromatic rings. The first-order chi connectivity index (χ1) is 14.6. The Balaban J connectivity index is 1.79. The van der Waals surface area contributed by atoms with Gasteiger partial charge in [-0.15, -0.1) is 11.3 Å². The molecule has 9 heteroatoms. The second-order valence-corrected chi connectivity index (χ2v) is 7.65. The van der Waals surface area contributed by atoms with Crippen LogP contribution in [0.25, 0.3) is 43.4 Å². The van der Waals surface area contributed by atoms with Crippen LogP contribution >= 0.6 is 11.3 Å². The van der Waals surface area contributed by atoms with Crippen LogP contribution in [0.5, 0.6) is 0 Å². The Morgan fingerprint density at radius 1 is 1.23 bits per heavy atom. The highest BCUT2D eigenvalue weighted by Gasteiger charge is 2.19. The minimum Gasteiger partial charge on any atom is -0.325 e. The average molecular weight is 413 g/mol. The highest BCUT2D eigenvalue weighted by atomic mass is 32.1. The van der Waals surface area contributed by atoms with Crippen LogP contribution in [-0.2, 0) is 13.6 Å². The van der Waals surface area contributed by atoms with Gasteiger partial charge in [0.2, 0.25) is 0 Å². The molecule has 0 bridgehead atoms. The highest BCUT2D eigenvalue weighted by molar-refractivity contribution is 7.17. The van der Waals surface area contributed by atoms with Crippen molar-refractivity contribution < 1.29 is 0 Å². The van der Waals surface area contributed by atoms with Gasteiger partial charge in [-0.2, -0.15) is 15.5 Å². The summed E-state index contributed by atoms with van der Waals surface area (Å²) in [6.07, 6.45) is 1.76. The van der Waals surface area contributed by atoms with Crippen LogP contribution in [0.1, 0.15) is 11.3 Å². The fourth-order valence-electron chi connectivity index (χ4n) is 3.75. The van der Waals surface area contributed by atoms with E-state index in [1.807, 2.05) is 31.3 Å². The summed E-state index contributed by atoms with van der Waals surface area (Å²) in [5.41, 5.74) is 12.6. The lowest BCUT2D eigenvalue weighted by Crippen LogP contribution is -2.13. The molecule has 0 saturated heterocycles. The van der Waals surface area contributed by atoms with Crippen molar-refractivity contribution in [3.05, 3.63) is 63.7 Å². The van der Waals surface area contributed by atoms with Gasteiger partial charge in [0, 0.05) is 30.1 Å². The van der Waals surface area contributed by atoms with Crippen LogP contribution in [0.4, 0.5) is 0 Å². The lowest BCUT2D eigenvalue weighted by molar-refractivity contribution is 0.776. The number of fused-ring (bicyclic) bond motifs is 2. The van der Waals surface area contributed by atoms with E-state index in [1.54, 1.807) is 22.5 Å². The van der Waals surface area contributed by atoms with Gasteiger partial charge in [-0.05, 0) is 29.8 Å². The Morgan fingerprint density at radius 3 is 2.90 bits per heavy atom. The van der Waals surface area contributed by atoms with Crippen LogP contribution in [0.15, 0.2) is 46.8 Å². The predicted octanol–water partition coefficient (Wildman–Crippen LogP) is 2.93. The highest BCUT2D eigenvalue weighted by Crippen LogP contribution is 2.37. The molecule has 3 aromatic heterocycles. The molecule has 0 aliphatic carbocycles. The molecule has 3 heterocycles. The number of hydrogen-bond acceptors (Lipinski definition) is 7. The van der Waals surface area contributed by atoms with Crippen LogP contribution in [0, 0.1) is 11.3 Å². The fraction of sp³-hybridized carbons (Fsp3) is 0.0952.